The number of fused-ring (bicyclic) bond motifs is 1. The Morgan fingerprint density at radius 2 is 2.08 bits per heavy atom. The van der Waals surface area contributed by atoms with Crippen LogP contribution in [0.3, 0.4) is 0 Å². The lowest BCUT2D eigenvalue weighted by Gasteiger charge is -2.03. The van der Waals surface area contributed by atoms with E-state index in [1.807, 2.05) is 0 Å². The number of nitrogens with one attached hydrogen (secondary N) is 2. The lowest BCUT2D eigenvalue weighted by atomic mass is 10.3. The average molecular weight is 384 g/mol. The highest BCUT2D eigenvalue weighted by Crippen LogP contribution is 2.35. The van der Waals surface area contributed by atoms with E-state index in [4.69, 9.17) is 27.6 Å². The summed E-state index contributed by atoms with van der Waals surface area (Å²) in [6, 6.07) is 6.64. The molecule has 0 fully saturated rings. The minimum atomic E-state index is -0.366. The molecule has 0 unspecified atom stereocenters. The van der Waals surface area contributed by atoms with Crippen molar-refractivity contribution in [3.8, 4) is 0 Å². The number of aromatic nitrogens is 1. The van der Waals surface area contributed by atoms with Crippen LogP contribution in [0.5, 0.6) is 0 Å². The number of furan rings is 1. The highest BCUT2D eigenvalue weighted by Gasteiger charge is 2.13. The lowest BCUT2D eigenvalue weighted by Crippen LogP contribution is -2.27. The van der Waals surface area contributed by atoms with Crippen LogP contribution in [-0.2, 0) is 4.79 Å². The number of rotatable bonds is 5. The van der Waals surface area contributed by atoms with Gasteiger partial charge in [0, 0.05) is 13.0 Å². The maximum Gasteiger partial charge on any atom is 0.286 e. The summed E-state index contributed by atoms with van der Waals surface area (Å²) in [5.74, 6) is -0.432. The minimum absolute atomic E-state index is 0.108. The highest BCUT2D eigenvalue weighted by molar-refractivity contribution is 7.22. The Kier molecular flexibility index (Phi) is 5.03. The van der Waals surface area contributed by atoms with Crippen molar-refractivity contribution in [3.05, 3.63) is 46.3 Å². The summed E-state index contributed by atoms with van der Waals surface area (Å²) in [4.78, 5) is 27.9. The molecule has 0 radical (unpaired) electrons. The molecule has 0 saturated carbocycles. The first-order chi connectivity index (χ1) is 11.5. The number of halogens is 2. The van der Waals surface area contributed by atoms with Crippen LogP contribution in [0.2, 0.25) is 10.0 Å². The molecule has 3 aromatic rings. The summed E-state index contributed by atoms with van der Waals surface area (Å²) in [6.07, 6.45) is 1.52. The molecule has 2 N–H and O–H groups in total. The fourth-order valence-electron chi connectivity index (χ4n) is 1.96. The molecule has 2 heterocycles. The van der Waals surface area contributed by atoms with E-state index in [1.54, 1.807) is 24.3 Å². The van der Waals surface area contributed by atoms with E-state index in [1.165, 1.54) is 17.6 Å². The largest absolute Gasteiger partial charge is 0.459 e. The predicted octanol–water partition coefficient (Wildman–Crippen LogP) is 3.95. The van der Waals surface area contributed by atoms with E-state index < -0.39 is 0 Å². The number of amides is 2. The second-order valence-electron chi connectivity index (χ2n) is 4.76. The Hall–Kier alpha value is -2.09. The average Bonchev–Trinajstić information content (AvgIpc) is 3.20. The Labute approximate surface area is 150 Å². The van der Waals surface area contributed by atoms with Gasteiger partial charge < -0.3 is 15.1 Å². The maximum absolute atomic E-state index is 11.9. The van der Waals surface area contributed by atoms with E-state index >= 15 is 0 Å². The summed E-state index contributed by atoms with van der Waals surface area (Å²) in [5.41, 5.74) is 0.551. The number of carbonyl (C=O) groups excluding carboxylic acids is 2. The van der Waals surface area contributed by atoms with Crippen LogP contribution in [0.25, 0.3) is 10.2 Å². The van der Waals surface area contributed by atoms with E-state index in [-0.39, 0.29) is 30.5 Å². The fraction of sp³-hybridized carbons (Fsp3) is 0.133. The second-order valence-corrected chi connectivity index (χ2v) is 6.57. The standard InChI is InChI=1S/C15H11Cl2N3O3S/c16-8-3-4-10-13(12(8)17)20-15(24-10)19-11(21)5-6-18-14(22)9-2-1-7-23-9/h1-4,7H,5-6H2,(H,18,22)(H,19,20,21). The molecule has 0 aliphatic heterocycles. The highest BCUT2D eigenvalue weighted by atomic mass is 35.5. The summed E-state index contributed by atoms with van der Waals surface area (Å²) in [6.45, 7) is 0.183. The van der Waals surface area contributed by atoms with Gasteiger partial charge in [-0.2, -0.15) is 0 Å². The van der Waals surface area contributed by atoms with Gasteiger partial charge in [-0.25, -0.2) is 4.98 Å². The first kappa shape index (κ1) is 16.8. The van der Waals surface area contributed by atoms with E-state index in [2.05, 4.69) is 15.6 Å². The van der Waals surface area contributed by atoms with Crippen LogP contribution in [0.1, 0.15) is 17.0 Å². The molecular formula is C15H11Cl2N3O3S. The van der Waals surface area contributed by atoms with Crippen LogP contribution < -0.4 is 10.6 Å². The summed E-state index contributed by atoms with van der Waals surface area (Å²) in [7, 11) is 0. The number of hydrogen-bond acceptors (Lipinski definition) is 5. The molecule has 3 rings (SSSR count). The Morgan fingerprint density at radius 1 is 1.25 bits per heavy atom. The molecule has 2 amide bonds. The quantitative estimate of drug-likeness (QED) is 0.698. The van der Waals surface area contributed by atoms with Crippen LogP contribution in [0.4, 0.5) is 5.13 Å². The summed E-state index contributed by atoms with van der Waals surface area (Å²) < 4.78 is 5.78. The van der Waals surface area contributed by atoms with Crippen molar-refractivity contribution in [2.45, 2.75) is 6.42 Å². The van der Waals surface area contributed by atoms with Gasteiger partial charge in [0.1, 0.15) is 5.52 Å². The summed E-state index contributed by atoms with van der Waals surface area (Å²) in [5, 5.41) is 6.47. The zero-order valence-electron chi connectivity index (χ0n) is 12.1. The van der Waals surface area contributed by atoms with Crippen molar-refractivity contribution in [1.29, 1.82) is 0 Å². The second kappa shape index (κ2) is 7.21. The van der Waals surface area contributed by atoms with Crippen LogP contribution >= 0.6 is 34.5 Å². The molecule has 24 heavy (non-hydrogen) atoms. The van der Waals surface area contributed by atoms with Gasteiger partial charge in [-0.05, 0) is 24.3 Å². The molecule has 124 valence electrons. The van der Waals surface area contributed by atoms with Crippen LogP contribution in [0.15, 0.2) is 34.9 Å². The normalized spacial score (nSPS) is 10.8. The van der Waals surface area contributed by atoms with Gasteiger partial charge >= 0.3 is 0 Å². The molecular weight excluding hydrogens is 373 g/mol. The Balaban J connectivity index is 1.55. The minimum Gasteiger partial charge on any atom is -0.459 e. The van der Waals surface area contributed by atoms with Crippen LogP contribution in [0, 0.1) is 0 Å². The van der Waals surface area contributed by atoms with Crippen molar-refractivity contribution in [1.82, 2.24) is 10.3 Å². The van der Waals surface area contributed by atoms with Gasteiger partial charge in [0.2, 0.25) is 5.91 Å². The SMILES string of the molecule is O=C(CCNC(=O)c1ccco1)Nc1nc2c(Cl)c(Cl)ccc2s1. The van der Waals surface area contributed by atoms with Crippen molar-refractivity contribution in [3.63, 3.8) is 0 Å². The molecule has 0 aliphatic carbocycles. The monoisotopic (exact) mass is 383 g/mol. The van der Waals surface area contributed by atoms with Gasteiger partial charge in [0.25, 0.3) is 5.91 Å². The van der Waals surface area contributed by atoms with E-state index in [0.29, 0.717) is 20.7 Å². The van der Waals surface area contributed by atoms with Gasteiger partial charge in [-0.3, -0.25) is 9.59 Å². The first-order valence-electron chi connectivity index (χ1n) is 6.90. The summed E-state index contributed by atoms with van der Waals surface area (Å²) >= 11 is 13.3. The molecule has 0 saturated heterocycles. The molecule has 0 spiro atoms. The van der Waals surface area contributed by atoms with E-state index in [0.717, 1.165) is 4.70 Å². The number of thiazole rings is 1. The number of anilines is 1. The van der Waals surface area contributed by atoms with Crippen molar-refractivity contribution >= 4 is 61.7 Å². The van der Waals surface area contributed by atoms with E-state index in [9.17, 15) is 9.59 Å². The topological polar surface area (TPSA) is 84.2 Å². The number of benzene rings is 1. The zero-order valence-corrected chi connectivity index (χ0v) is 14.5. The Morgan fingerprint density at radius 3 is 2.83 bits per heavy atom. The number of nitrogens with zero attached hydrogens (tertiary/aromatic N) is 1. The van der Waals surface area contributed by atoms with Gasteiger partial charge in [-0.15, -0.1) is 0 Å². The molecule has 2 aromatic heterocycles. The van der Waals surface area contributed by atoms with Gasteiger partial charge in [0.05, 0.1) is 21.0 Å². The molecule has 9 heteroatoms. The van der Waals surface area contributed by atoms with Crippen LogP contribution in [-0.4, -0.2) is 23.3 Å². The smallest absolute Gasteiger partial charge is 0.286 e. The predicted molar refractivity (Wildman–Crippen MR) is 93.9 cm³/mol. The molecule has 1 aromatic carbocycles. The Bertz CT molecular complexity index is 893. The maximum atomic E-state index is 11.9. The third kappa shape index (κ3) is 3.69. The molecule has 0 aliphatic rings. The van der Waals surface area contributed by atoms with Gasteiger partial charge in [0.15, 0.2) is 10.9 Å². The van der Waals surface area contributed by atoms with Crippen molar-refractivity contribution in [2.75, 3.05) is 11.9 Å². The lowest BCUT2D eigenvalue weighted by molar-refractivity contribution is -0.116. The third-order valence-corrected chi connectivity index (χ3v) is 4.81. The van der Waals surface area contributed by atoms with Crippen molar-refractivity contribution < 1.29 is 14.0 Å². The van der Waals surface area contributed by atoms with Gasteiger partial charge in [-0.1, -0.05) is 34.5 Å². The molecule has 6 nitrogen and oxygen atoms in total. The zero-order chi connectivity index (χ0) is 17.1. The molecule has 0 bridgehead atoms. The third-order valence-electron chi connectivity index (χ3n) is 3.08. The first-order valence-corrected chi connectivity index (χ1v) is 8.48. The number of hydrogen-bond donors (Lipinski definition) is 2. The van der Waals surface area contributed by atoms with Crippen molar-refractivity contribution in [2.24, 2.45) is 0 Å². The fourth-order valence-corrected chi connectivity index (χ4v) is 3.26. The molecule has 0 atom stereocenters. The number of carbonyl (C=O) groups is 2.